The monoisotopic (exact) mass is 468 g/mol. The second-order valence-electron chi connectivity index (χ2n) is 7.40. The third kappa shape index (κ3) is 3.67. The molecule has 10 heteroatoms. The second kappa shape index (κ2) is 7.28. The average molecular weight is 469 g/mol. The Morgan fingerprint density at radius 3 is 2.03 bits per heavy atom. The normalized spacial score (nSPS) is 16.9. The lowest BCUT2D eigenvalue weighted by Gasteiger charge is -2.16. The van der Waals surface area contributed by atoms with Crippen LogP contribution in [0.3, 0.4) is 0 Å². The Morgan fingerprint density at radius 1 is 0.750 bits per heavy atom. The number of carbonyl (C=O) groups is 2. The minimum Gasteiger partial charge on any atom is -0.297 e. The van der Waals surface area contributed by atoms with Crippen molar-refractivity contribution in [3.8, 4) is 0 Å². The number of hydrogen-bond donors (Lipinski definition) is 1. The fourth-order valence-electron chi connectivity index (χ4n) is 3.57. The number of aliphatic imine (C=N–C) groups is 1. The number of nitrogens with zero attached hydrogens (tertiary/aromatic N) is 1. The maximum atomic E-state index is 13.0. The number of nitrogens with one attached hydrogen (secondary N) is 1. The Labute approximate surface area is 184 Å². The van der Waals surface area contributed by atoms with E-state index >= 15 is 0 Å². The number of allylic oxidation sites excluding steroid dienone is 2. The minimum atomic E-state index is -3.75. The van der Waals surface area contributed by atoms with Gasteiger partial charge in [-0.2, -0.15) is 0 Å². The van der Waals surface area contributed by atoms with E-state index in [9.17, 15) is 26.4 Å². The van der Waals surface area contributed by atoms with Crippen LogP contribution >= 0.6 is 0 Å². The quantitative estimate of drug-likeness (QED) is 0.735. The lowest BCUT2D eigenvalue weighted by molar-refractivity contribution is 0.105. The maximum absolute atomic E-state index is 13.0. The van der Waals surface area contributed by atoms with Gasteiger partial charge in [-0.1, -0.05) is 24.3 Å². The van der Waals surface area contributed by atoms with E-state index in [4.69, 9.17) is 5.41 Å². The predicted octanol–water partition coefficient (Wildman–Crippen LogP) is 2.71. The van der Waals surface area contributed by atoms with Crippen LogP contribution in [0.5, 0.6) is 0 Å². The number of hydrogen-bond acceptors (Lipinski definition) is 8. The first kappa shape index (κ1) is 21.7. The van der Waals surface area contributed by atoms with Crippen molar-refractivity contribution in [2.45, 2.75) is 9.79 Å². The molecule has 0 spiro atoms. The lowest BCUT2D eigenvalue weighted by atomic mass is 9.93. The highest BCUT2D eigenvalue weighted by atomic mass is 32.2. The number of benzene rings is 2. The molecule has 1 N–H and O–H groups in total. The van der Waals surface area contributed by atoms with E-state index in [0.717, 1.165) is 12.5 Å². The van der Waals surface area contributed by atoms with E-state index in [1.807, 2.05) is 0 Å². The summed E-state index contributed by atoms with van der Waals surface area (Å²) in [5.74, 6) is -1.19. The molecule has 2 aliphatic rings. The van der Waals surface area contributed by atoms with Gasteiger partial charge in [-0.05, 0) is 30.4 Å². The van der Waals surface area contributed by atoms with E-state index in [1.54, 1.807) is 0 Å². The van der Waals surface area contributed by atoms with Crippen LogP contribution in [0, 0.1) is 5.41 Å². The van der Waals surface area contributed by atoms with Crippen molar-refractivity contribution in [2.24, 2.45) is 4.99 Å². The first-order chi connectivity index (χ1) is 14.9. The van der Waals surface area contributed by atoms with Crippen molar-refractivity contribution < 1.29 is 26.4 Å². The topological polar surface area (TPSA) is 139 Å². The molecule has 32 heavy (non-hydrogen) atoms. The molecule has 2 aromatic carbocycles. The molecule has 0 saturated carbocycles. The van der Waals surface area contributed by atoms with E-state index in [0.29, 0.717) is 0 Å². The van der Waals surface area contributed by atoms with Crippen LogP contribution in [0.2, 0.25) is 0 Å². The van der Waals surface area contributed by atoms with Gasteiger partial charge in [-0.15, -0.1) is 0 Å². The molecule has 0 bridgehead atoms. The van der Waals surface area contributed by atoms with Gasteiger partial charge in [-0.3, -0.25) is 15.0 Å². The van der Waals surface area contributed by atoms with Crippen LogP contribution in [0.4, 0.5) is 5.69 Å². The average Bonchev–Trinajstić information content (AvgIpc) is 2.71. The van der Waals surface area contributed by atoms with Crippen molar-refractivity contribution in [3.63, 3.8) is 0 Å². The molecule has 162 valence electrons. The van der Waals surface area contributed by atoms with Gasteiger partial charge in [0, 0.05) is 34.8 Å². The van der Waals surface area contributed by atoms with Gasteiger partial charge in [0.1, 0.15) is 11.4 Å². The zero-order chi connectivity index (χ0) is 23.4. The molecule has 8 nitrogen and oxygen atoms in total. The van der Waals surface area contributed by atoms with E-state index in [1.165, 1.54) is 54.6 Å². The number of sulfone groups is 2. The van der Waals surface area contributed by atoms with Crippen molar-refractivity contribution >= 4 is 60.5 Å². The highest BCUT2D eigenvalue weighted by Crippen LogP contribution is 2.32. The fourth-order valence-corrected chi connectivity index (χ4v) is 5.39. The van der Waals surface area contributed by atoms with Crippen LogP contribution < -0.4 is 0 Å². The summed E-state index contributed by atoms with van der Waals surface area (Å²) in [6.07, 6.45) is 7.48. The Morgan fingerprint density at radius 2 is 1.38 bits per heavy atom. The van der Waals surface area contributed by atoms with E-state index < -0.39 is 31.2 Å². The molecule has 0 radical (unpaired) electrons. The number of carbonyl (C=O) groups excluding carboxylic acids is 2. The van der Waals surface area contributed by atoms with E-state index in [2.05, 4.69) is 4.99 Å². The molecule has 0 saturated heterocycles. The van der Waals surface area contributed by atoms with Gasteiger partial charge >= 0.3 is 0 Å². The Hall–Kier alpha value is -3.50. The van der Waals surface area contributed by atoms with Crippen LogP contribution in [-0.4, -0.2) is 52.3 Å². The summed E-state index contributed by atoms with van der Waals surface area (Å²) in [5.41, 5.74) is 0.300. The van der Waals surface area contributed by atoms with Crippen LogP contribution in [-0.2, 0) is 19.7 Å². The Balaban J connectivity index is 1.89. The predicted molar refractivity (Wildman–Crippen MR) is 121 cm³/mol. The first-order valence-corrected chi connectivity index (χ1v) is 13.0. The van der Waals surface area contributed by atoms with Crippen molar-refractivity contribution in [2.75, 3.05) is 12.5 Å². The Kier molecular flexibility index (Phi) is 4.94. The summed E-state index contributed by atoms with van der Waals surface area (Å²) in [4.78, 5) is 29.5. The third-order valence-corrected chi connectivity index (χ3v) is 7.32. The second-order valence-corrected chi connectivity index (χ2v) is 11.4. The van der Waals surface area contributed by atoms with E-state index in [-0.39, 0.29) is 49.2 Å². The molecule has 0 fully saturated rings. The summed E-state index contributed by atoms with van der Waals surface area (Å²) in [5, 5.41) is 7.72. The van der Waals surface area contributed by atoms with Gasteiger partial charge in [-0.25, -0.2) is 21.8 Å². The van der Waals surface area contributed by atoms with Gasteiger partial charge < -0.3 is 0 Å². The number of rotatable bonds is 3. The van der Waals surface area contributed by atoms with Crippen molar-refractivity contribution in [3.05, 3.63) is 64.7 Å². The zero-order valence-electron chi connectivity index (χ0n) is 16.9. The molecule has 4 rings (SSSR count). The van der Waals surface area contributed by atoms with Crippen molar-refractivity contribution in [1.82, 2.24) is 0 Å². The largest absolute Gasteiger partial charge is 0.297 e. The van der Waals surface area contributed by atoms with Gasteiger partial charge in [0.15, 0.2) is 19.7 Å². The number of Topliss-reactive ketones (excluding diaryl/α,β-unsaturated/α-hetero) is 2. The van der Waals surface area contributed by atoms with Crippen LogP contribution in [0.15, 0.2) is 57.3 Å². The fraction of sp³-hybridized carbons (Fsp3) is 0.0909. The third-order valence-electron chi connectivity index (χ3n) is 5.03. The summed E-state index contributed by atoms with van der Waals surface area (Å²) < 4.78 is 48.7. The molecule has 0 amide bonds. The smallest absolute Gasteiger partial charge is 0.212 e. The van der Waals surface area contributed by atoms with Crippen molar-refractivity contribution in [1.29, 1.82) is 5.41 Å². The molecule has 0 heterocycles. The summed E-state index contributed by atoms with van der Waals surface area (Å²) >= 11 is 0. The minimum absolute atomic E-state index is 0.00627. The first-order valence-electron chi connectivity index (χ1n) is 9.22. The molecule has 0 aliphatic heterocycles. The maximum Gasteiger partial charge on any atom is 0.212 e. The van der Waals surface area contributed by atoms with Gasteiger partial charge in [0.05, 0.1) is 15.5 Å². The molecule has 2 aliphatic carbocycles. The Bertz CT molecular complexity index is 1560. The summed E-state index contributed by atoms with van der Waals surface area (Å²) in [6.45, 7) is 0. The SMILES string of the molecule is CS(=O)(=O)c1cc(/N=C2\C=Cc3c(cccc3S(C)(=O)=O)C2=O)cc2c1C=CC(=N)C2=O. The standard InChI is InChI=1S/C22H16N2O6S2/c1-31(27,28)19-5-3-4-15-13(19)7-9-18(22(15)26)24-12-10-16-14(6-8-17(23)21(16)25)20(11-12)32(2,29)30/h3-11,23H,1-2H3/b23-17?,24-18+. The molecule has 2 aromatic rings. The zero-order valence-corrected chi connectivity index (χ0v) is 18.5. The van der Waals surface area contributed by atoms with Gasteiger partial charge in [0.2, 0.25) is 11.6 Å². The molecular formula is C22H16N2O6S2. The van der Waals surface area contributed by atoms with Crippen LogP contribution in [0.1, 0.15) is 31.8 Å². The lowest BCUT2D eigenvalue weighted by Crippen LogP contribution is -2.19. The molecule has 0 aromatic heterocycles. The molecule has 0 unspecified atom stereocenters. The highest BCUT2D eigenvalue weighted by Gasteiger charge is 2.27. The molecule has 0 atom stereocenters. The van der Waals surface area contributed by atoms with Crippen LogP contribution in [0.25, 0.3) is 12.2 Å². The summed E-state index contributed by atoms with van der Waals surface area (Å²) in [6, 6.07) is 6.94. The highest BCUT2D eigenvalue weighted by molar-refractivity contribution is 7.91. The molecular weight excluding hydrogens is 452 g/mol. The van der Waals surface area contributed by atoms with Gasteiger partial charge in [0.25, 0.3) is 0 Å². The number of fused-ring (bicyclic) bond motifs is 2. The number of ketones is 2. The summed E-state index contributed by atoms with van der Waals surface area (Å²) in [7, 11) is -7.31.